The van der Waals surface area contributed by atoms with Crippen molar-refractivity contribution in [3.8, 4) is 11.4 Å². The van der Waals surface area contributed by atoms with Crippen LogP contribution in [0.2, 0.25) is 0 Å². The molecule has 1 aromatic carbocycles. The van der Waals surface area contributed by atoms with Crippen LogP contribution in [0.4, 0.5) is 0 Å². The number of hydrogen-bond donors (Lipinski definition) is 0. The number of pyridine rings is 1. The van der Waals surface area contributed by atoms with Gasteiger partial charge in [-0.25, -0.2) is 0 Å². The van der Waals surface area contributed by atoms with Crippen molar-refractivity contribution in [2.24, 2.45) is 0 Å². The summed E-state index contributed by atoms with van der Waals surface area (Å²) in [6, 6.07) is 14.5. The smallest absolute Gasteiger partial charge is 0.241 e. The van der Waals surface area contributed by atoms with Gasteiger partial charge in [0.25, 0.3) is 0 Å². The topological polar surface area (TPSA) is 58.3 Å². The van der Waals surface area contributed by atoms with Gasteiger partial charge in [-0.3, -0.25) is 14.8 Å². The maximum Gasteiger partial charge on any atom is 0.241 e. The number of nitrogens with zero attached hydrogens (tertiary/aromatic N) is 5. The fourth-order valence-electron chi connectivity index (χ4n) is 3.47. The van der Waals surface area contributed by atoms with Gasteiger partial charge < -0.3 is 4.52 Å². The Balaban J connectivity index is 1.30. The van der Waals surface area contributed by atoms with E-state index < -0.39 is 0 Å². The highest BCUT2D eigenvalue weighted by Crippen LogP contribution is 2.21. The lowest BCUT2D eigenvalue weighted by Crippen LogP contribution is -2.45. The Morgan fingerprint density at radius 1 is 0.929 bits per heavy atom. The Morgan fingerprint density at radius 3 is 2.29 bits per heavy atom. The molecule has 0 unspecified atom stereocenters. The molecule has 0 aliphatic carbocycles. The SMILES string of the molecule is CC(C)c1ccc(-c2noc(CN3CCN(Cc4ccccn4)CC3)n2)cc1. The second-order valence-corrected chi connectivity index (χ2v) is 7.66. The molecule has 146 valence electrons. The minimum absolute atomic E-state index is 0.520. The fraction of sp³-hybridized carbons (Fsp3) is 0.409. The van der Waals surface area contributed by atoms with Crippen LogP contribution in [0, 0.1) is 0 Å². The van der Waals surface area contributed by atoms with Crippen LogP contribution in [0.1, 0.15) is 36.9 Å². The number of benzene rings is 1. The lowest BCUT2D eigenvalue weighted by atomic mass is 10.0. The minimum Gasteiger partial charge on any atom is -0.338 e. The second kappa shape index (κ2) is 8.63. The molecule has 6 nitrogen and oxygen atoms in total. The molecule has 0 bridgehead atoms. The van der Waals surface area contributed by atoms with Crippen molar-refractivity contribution in [2.45, 2.75) is 32.9 Å². The van der Waals surface area contributed by atoms with Gasteiger partial charge in [0.1, 0.15) is 0 Å². The van der Waals surface area contributed by atoms with E-state index in [0.717, 1.165) is 44.0 Å². The van der Waals surface area contributed by atoms with E-state index in [-0.39, 0.29) is 0 Å². The van der Waals surface area contributed by atoms with Crippen molar-refractivity contribution >= 4 is 0 Å². The molecule has 6 heteroatoms. The first-order valence-electron chi connectivity index (χ1n) is 9.95. The molecule has 0 saturated carbocycles. The van der Waals surface area contributed by atoms with Gasteiger partial charge in [-0.05, 0) is 23.6 Å². The van der Waals surface area contributed by atoms with Gasteiger partial charge in [0.2, 0.25) is 11.7 Å². The van der Waals surface area contributed by atoms with Gasteiger partial charge in [0.15, 0.2) is 0 Å². The highest BCUT2D eigenvalue weighted by Gasteiger charge is 2.20. The third-order valence-electron chi connectivity index (χ3n) is 5.24. The zero-order valence-electron chi connectivity index (χ0n) is 16.6. The number of piperazine rings is 1. The van der Waals surface area contributed by atoms with E-state index >= 15 is 0 Å². The molecule has 0 amide bonds. The van der Waals surface area contributed by atoms with E-state index in [1.165, 1.54) is 5.56 Å². The number of rotatable bonds is 6. The van der Waals surface area contributed by atoms with Crippen LogP contribution in [0.25, 0.3) is 11.4 Å². The van der Waals surface area contributed by atoms with Crippen molar-refractivity contribution in [1.29, 1.82) is 0 Å². The first-order chi connectivity index (χ1) is 13.7. The normalized spacial score (nSPS) is 16.0. The van der Waals surface area contributed by atoms with Crippen LogP contribution < -0.4 is 0 Å². The maximum absolute atomic E-state index is 5.50. The zero-order valence-corrected chi connectivity index (χ0v) is 16.6. The van der Waals surface area contributed by atoms with Gasteiger partial charge in [0.05, 0.1) is 12.2 Å². The monoisotopic (exact) mass is 377 g/mol. The molecule has 0 atom stereocenters. The Morgan fingerprint density at radius 2 is 1.64 bits per heavy atom. The number of aromatic nitrogens is 3. The van der Waals surface area contributed by atoms with Crippen molar-refractivity contribution in [3.63, 3.8) is 0 Å². The molecular formula is C22H27N5O. The average Bonchev–Trinajstić information content (AvgIpc) is 3.19. The lowest BCUT2D eigenvalue weighted by molar-refractivity contribution is 0.111. The third kappa shape index (κ3) is 4.64. The van der Waals surface area contributed by atoms with Gasteiger partial charge in [-0.15, -0.1) is 0 Å². The first kappa shape index (κ1) is 18.8. The lowest BCUT2D eigenvalue weighted by Gasteiger charge is -2.33. The fourth-order valence-corrected chi connectivity index (χ4v) is 3.47. The second-order valence-electron chi connectivity index (χ2n) is 7.66. The molecule has 2 aromatic heterocycles. The molecule has 3 heterocycles. The molecule has 28 heavy (non-hydrogen) atoms. The Bertz CT molecular complexity index is 867. The molecule has 1 saturated heterocycles. The standard InChI is InChI=1S/C22H27N5O/c1-17(2)18-6-8-19(9-7-18)22-24-21(28-25-22)16-27-13-11-26(12-14-27)15-20-5-3-4-10-23-20/h3-10,17H,11-16H2,1-2H3. The van der Waals surface area contributed by atoms with Gasteiger partial charge in [-0.2, -0.15) is 4.98 Å². The van der Waals surface area contributed by atoms with E-state index in [9.17, 15) is 0 Å². The van der Waals surface area contributed by atoms with Gasteiger partial charge in [-0.1, -0.05) is 49.3 Å². The summed E-state index contributed by atoms with van der Waals surface area (Å²) in [4.78, 5) is 13.8. The highest BCUT2D eigenvalue weighted by atomic mass is 16.5. The molecule has 0 radical (unpaired) electrons. The quantitative estimate of drug-likeness (QED) is 0.654. The molecule has 4 rings (SSSR count). The van der Waals surface area contributed by atoms with Crippen molar-refractivity contribution < 1.29 is 4.52 Å². The minimum atomic E-state index is 0.520. The summed E-state index contributed by atoms with van der Waals surface area (Å²) in [5, 5.41) is 4.17. The molecular weight excluding hydrogens is 350 g/mol. The molecule has 1 aliphatic heterocycles. The summed E-state index contributed by atoms with van der Waals surface area (Å²) in [5.41, 5.74) is 3.44. The summed E-state index contributed by atoms with van der Waals surface area (Å²) in [5.74, 6) is 1.87. The van der Waals surface area contributed by atoms with E-state index in [1.54, 1.807) is 0 Å². The van der Waals surface area contributed by atoms with E-state index in [0.29, 0.717) is 24.2 Å². The van der Waals surface area contributed by atoms with Crippen molar-refractivity contribution in [2.75, 3.05) is 26.2 Å². The maximum atomic E-state index is 5.50. The van der Waals surface area contributed by atoms with Gasteiger partial charge in [0, 0.05) is 44.5 Å². The molecule has 3 aromatic rings. The van der Waals surface area contributed by atoms with Gasteiger partial charge >= 0.3 is 0 Å². The molecule has 1 fully saturated rings. The summed E-state index contributed by atoms with van der Waals surface area (Å²) in [6.07, 6.45) is 1.86. The van der Waals surface area contributed by atoms with E-state index in [2.05, 4.69) is 69.1 Å². The first-order valence-corrected chi connectivity index (χ1v) is 9.95. The average molecular weight is 377 g/mol. The van der Waals surface area contributed by atoms with Crippen molar-refractivity contribution in [3.05, 3.63) is 65.8 Å². The summed E-state index contributed by atoms with van der Waals surface area (Å²) in [7, 11) is 0. The van der Waals surface area contributed by atoms with Crippen LogP contribution in [-0.4, -0.2) is 51.1 Å². The van der Waals surface area contributed by atoms with E-state index in [1.807, 2.05) is 18.3 Å². The predicted molar refractivity (Wildman–Crippen MR) is 109 cm³/mol. The zero-order chi connectivity index (χ0) is 19.3. The Labute approximate surface area is 166 Å². The van der Waals surface area contributed by atoms with E-state index in [4.69, 9.17) is 4.52 Å². The van der Waals surface area contributed by atoms with Crippen LogP contribution in [0.3, 0.4) is 0 Å². The Hall–Kier alpha value is -2.57. The van der Waals surface area contributed by atoms with Crippen LogP contribution in [-0.2, 0) is 13.1 Å². The molecule has 0 N–H and O–H groups in total. The molecule has 1 aliphatic rings. The Kier molecular flexibility index (Phi) is 5.78. The predicted octanol–water partition coefficient (Wildman–Crippen LogP) is 3.57. The van der Waals surface area contributed by atoms with Crippen LogP contribution in [0.5, 0.6) is 0 Å². The summed E-state index contributed by atoms with van der Waals surface area (Å²) < 4.78 is 5.50. The molecule has 0 spiro atoms. The highest BCUT2D eigenvalue weighted by molar-refractivity contribution is 5.54. The largest absolute Gasteiger partial charge is 0.338 e. The van der Waals surface area contributed by atoms with Crippen molar-refractivity contribution in [1.82, 2.24) is 24.9 Å². The summed E-state index contributed by atoms with van der Waals surface area (Å²) in [6.45, 7) is 10.0. The number of hydrogen-bond acceptors (Lipinski definition) is 6. The van der Waals surface area contributed by atoms with Crippen LogP contribution in [0.15, 0.2) is 53.2 Å². The van der Waals surface area contributed by atoms with Crippen LogP contribution >= 0.6 is 0 Å². The summed E-state index contributed by atoms with van der Waals surface area (Å²) >= 11 is 0. The third-order valence-corrected chi connectivity index (χ3v) is 5.24.